The van der Waals surface area contributed by atoms with Crippen LogP contribution in [-0.4, -0.2) is 24.3 Å². The number of hydrogen-bond donors (Lipinski definition) is 1. The van der Waals surface area contributed by atoms with Crippen LogP contribution in [0.2, 0.25) is 0 Å². The number of aliphatic hydroxyl groups excluding tert-OH is 1. The molecule has 0 amide bonds. The highest BCUT2D eigenvalue weighted by molar-refractivity contribution is 5.89. The van der Waals surface area contributed by atoms with Gasteiger partial charge in [0.15, 0.2) is 0 Å². The molecule has 0 saturated carbocycles. The van der Waals surface area contributed by atoms with Crippen molar-refractivity contribution in [1.82, 2.24) is 0 Å². The highest BCUT2D eigenvalue weighted by Gasteiger charge is 2.05. The average molecular weight is 252 g/mol. The van der Waals surface area contributed by atoms with E-state index in [0.29, 0.717) is 12.2 Å². The molecule has 1 N–H and O–H groups in total. The summed E-state index contributed by atoms with van der Waals surface area (Å²) in [5.74, 6) is -0.274. The van der Waals surface area contributed by atoms with Crippen molar-refractivity contribution in [3.63, 3.8) is 0 Å². The highest BCUT2D eigenvalue weighted by Crippen LogP contribution is 2.08. The fraction of sp³-hybridized carbons (Fsp3) is 0.533. The Labute approximate surface area is 110 Å². The second-order valence-electron chi connectivity index (χ2n) is 3.60. The predicted molar refractivity (Wildman–Crippen MR) is 73.8 cm³/mol. The van der Waals surface area contributed by atoms with E-state index in [1.54, 1.807) is 19.1 Å². The van der Waals surface area contributed by atoms with Crippen molar-refractivity contribution in [3.8, 4) is 0 Å². The van der Waals surface area contributed by atoms with Crippen LogP contribution in [0.3, 0.4) is 0 Å². The molecule has 0 fully saturated rings. The van der Waals surface area contributed by atoms with Gasteiger partial charge in [0, 0.05) is 6.61 Å². The third-order valence-electron chi connectivity index (χ3n) is 2.34. The molecule has 0 spiro atoms. The summed E-state index contributed by atoms with van der Waals surface area (Å²) in [7, 11) is 0. The number of benzene rings is 1. The number of hydrogen-bond acceptors (Lipinski definition) is 3. The number of ether oxygens (including phenoxy) is 1. The molecule has 3 nitrogen and oxygen atoms in total. The Hall–Kier alpha value is -1.35. The van der Waals surface area contributed by atoms with Crippen molar-refractivity contribution >= 4 is 5.97 Å². The summed E-state index contributed by atoms with van der Waals surface area (Å²) in [6, 6.07) is 7.44. The van der Waals surface area contributed by atoms with Crippen LogP contribution >= 0.6 is 0 Å². The molecule has 1 aromatic rings. The maximum absolute atomic E-state index is 11.4. The van der Waals surface area contributed by atoms with Gasteiger partial charge in [-0.15, -0.1) is 0 Å². The van der Waals surface area contributed by atoms with Crippen LogP contribution in [0.5, 0.6) is 0 Å². The number of esters is 1. The minimum atomic E-state index is -0.274. The normalized spacial score (nSPS) is 9.33. The van der Waals surface area contributed by atoms with Crippen LogP contribution in [0.15, 0.2) is 24.3 Å². The largest absolute Gasteiger partial charge is 0.462 e. The summed E-state index contributed by atoms with van der Waals surface area (Å²) in [4.78, 5) is 11.4. The molecular formula is C15H24O3. The quantitative estimate of drug-likeness (QED) is 0.624. The fourth-order valence-electron chi connectivity index (χ4n) is 1.46. The molecule has 0 saturated heterocycles. The molecule has 102 valence electrons. The Morgan fingerprint density at radius 3 is 2.28 bits per heavy atom. The van der Waals surface area contributed by atoms with E-state index >= 15 is 0 Å². The first-order valence-electron chi connectivity index (χ1n) is 6.65. The molecule has 0 unspecified atom stereocenters. The summed E-state index contributed by atoms with van der Waals surface area (Å²) in [5.41, 5.74) is 1.77. The summed E-state index contributed by atoms with van der Waals surface area (Å²) in [6.45, 7) is 6.43. The number of aliphatic hydroxyl groups is 1. The monoisotopic (exact) mass is 252 g/mol. The van der Waals surface area contributed by atoms with E-state index in [9.17, 15) is 4.79 Å². The lowest BCUT2D eigenvalue weighted by molar-refractivity contribution is 0.0526. The number of rotatable bonds is 6. The van der Waals surface area contributed by atoms with E-state index in [1.165, 1.54) is 5.56 Å². The molecule has 3 heteroatoms. The molecule has 0 atom stereocenters. The van der Waals surface area contributed by atoms with Gasteiger partial charge in [0.25, 0.3) is 0 Å². The molecule has 1 rings (SSSR count). The van der Waals surface area contributed by atoms with E-state index in [2.05, 4.69) is 0 Å². The maximum atomic E-state index is 11.4. The zero-order valence-electron chi connectivity index (χ0n) is 11.6. The zero-order valence-corrected chi connectivity index (χ0v) is 11.6. The molecule has 1 aromatic carbocycles. The highest BCUT2D eigenvalue weighted by atomic mass is 16.5. The summed E-state index contributed by atoms with van der Waals surface area (Å²) in [5, 5.41) is 8.66. The molecule has 0 radical (unpaired) electrons. The molecule has 0 bridgehead atoms. The van der Waals surface area contributed by atoms with E-state index in [1.807, 2.05) is 26.0 Å². The minimum Gasteiger partial charge on any atom is -0.462 e. The van der Waals surface area contributed by atoms with Gasteiger partial charge in [-0.2, -0.15) is 0 Å². The first-order valence-corrected chi connectivity index (χ1v) is 6.65. The van der Waals surface area contributed by atoms with E-state index in [4.69, 9.17) is 9.84 Å². The standard InChI is InChI=1S/C13H18O3.C2H6/c1-2-16-13(15)12-8-6-11(7-9-12)5-3-4-10-14;1-2/h6-9,14H,2-5,10H2,1H3;1-2H3. The van der Waals surface area contributed by atoms with Gasteiger partial charge in [-0.05, 0) is 43.9 Å². The van der Waals surface area contributed by atoms with Crippen LogP contribution in [0.25, 0.3) is 0 Å². The van der Waals surface area contributed by atoms with Crippen molar-refractivity contribution in [3.05, 3.63) is 35.4 Å². The van der Waals surface area contributed by atoms with E-state index in [-0.39, 0.29) is 12.6 Å². The van der Waals surface area contributed by atoms with Crippen LogP contribution in [-0.2, 0) is 11.2 Å². The van der Waals surface area contributed by atoms with Crippen molar-refractivity contribution in [2.75, 3.05) is 13.2 Å². The Balaban J connectivity index is 0.00000137. The first kappa shape index (κ1) is 16.6. The van der Waals surface area contributed by atoms with Crippen molar-refractivity contribution < 1.29 is 14.6 Å². The molecular weight excluding hydrogens is 228 g/mol. The van der Waals surface area contributed by atoms with Crippen LogP contribution in [0.4, 0.5) is 0 Å². The smallest absolute Gasteiger partial charge is 0.338 e. The summed E-state index contributed by atoms with van der Waals surface area (Å²) in [6.07, 6.45) is 2.72. The molecule has 18 heavy (non-hydrogen) atoms. The zero-order chi connectivity index (χ0) is 13.8. The summed E-state index contributed by atoms with van der Waals surface area (Å²) < 4.78 is 4.89. The second-order valence-corrected chi connectivity index (χ2v) is 3.60. The van der Waals surface area contributed by atoms with Crippen LogP contribution in [0, 0.1) is 0 Å². The number of aryl methyl sites for hydroxylation is 1. The van der Waals surface area contributed by atoms with Crippen molar-refractivity contribution in [2.24, 2.45) is 0 Å². The number of unbranched alkanes of at least 4 members (excludes halogenated alkanes) is 1. The maximum Gasteiger partial charge on any atom is 0.338 e. The van der Waals surface area contributed by atoms with Crippen molar-refractivity contribution in [2.45, 2.75) is 40.0 Å². The lowest BCUT2D eigenvalue weighted by Gasteiger charge is -2.03. The van der Waals surface area contributed by atoms with Gasteiger partial charge in [0.05, 0.1) is 12.2 Å². The fourth-order valence-corrected chi connectivity index (χ4v) is 1.46. The summed E-state index contributed by atoms with van der Waals surface area (Å²) >= 11 is 0. The lowest BCUT2D eigenvalue weighted by Crippen LogP contribution is -2.04. The predicted octanol–water partition coefficient (Wildman–Crippen LogP) is 3.20. The first-order chi connectivity index (χ1) is 8.77. The van der Waals surface area contributed by atoms with Gasteiger partial charge >= 0.3 is 5.97 Å². The van der Waals surface area contributed by atoms with Gasteiger partial charge in [0.1, 0.15) is 0 Å². The average Bonchev–Trinajstić information content (AvgIpc) is 2.42. The van der Waals surface area contributed by atoms with Gasteiger partial charge < -0.3 is 9.84 Å². The van der Waals surface area contributed by atoms with Crippen LogP contribution < -0.4 is 0 Å². The topological polar surface area (TPSA) is 46.5 Å². The van der Waals surface area contributed by atoms with E-state index in [0.717, 1.165) is 19.3 Å². The Kier molecular flexibility index (Phi) is 9.97. The molecule has 0 heterocycles. The lowest BCUT2D eigenvalue weighted by atomic mass is 10.1. The van der Waals surface area contributed by atoms with Crippen LogP contribution in [0.1, 0.15) is 49.5 Å². The SMILES string of the molecule is CC.CCOC(=O)c1ccc(CCCCO)cc1. The Bertz CT molecular complexity index is 317. The molecule has 0 aliphatic carbocycles. The number of carbonyl (C=O) groups excluding carboxylic acids is 1. The van der Waals surface area contributed by atoms with E-state index < -0.39 is 0 Å². The molecule has 0 aliphatic rings. The second kappa shape index (κ2) is 10.8. The van der Waals surface area contributed by atoms with Gasteiger partial charge in [-0.1, -0.05) is 26.0 Å². The minimum absolute atomic E-state index is 0.237. The number of carbonyl (C=O) groups is 1. The van der Waals surface area contributed by atoms with Crippen molar-refractivity contribution in [1.29, 1.82) is 0 Å². The third kappa shape index (κ3) is 6.40. The van der Waals surface area contributed by atoms with Gasteiger partial charge in [-0.25, -0.2) is 4.79 Å². The van der Waals surface area contributed by atoms with Gasteiger partial charge in [-0.3, -0.25) is 0 Å². The Morgan fingerprint density at radius 1 is 1.17 bits per heavy atom. The molecule has 0 aromatic heterocycles. The van der Waals surface area contributed by atoms with Gasteiger partial charge in [0.2, 0.25) is 0 Å². The Morgan fingerprint density at radius 2 is 1.78 bits per heavy atom. The third-order valence-corrected chi connectivity index (χ3v) is 2.34. The molecule has 0 aliphatic heterocycles.